The Morgan fingerprint density at radius 3 is 2.56 bits per heavy atom. The summed E-state index contributed by atoms with van der Waals surface area (Å²) in [5.41, 5.74) is 7.41. The van der Waals surface area contributed by atoms with Crippen molar-refractivity contribution >= 4 is 22.7 Å². The number of aromatic nitrogens is 1. The lowest BCUT2D eigenvalue weighted by Gasteiger charge is -2.05. The average molecular weight is 331 g/mol. The fraction of sp³-hybridized carbons (Fsp3) is 0.100. The van der Waals surface area contributed by atoms with Crippen molar-refractivity contribution in [1.29, 1.82) is 0 Å². The summed E-state index contributed by atoms with van der Waals surface area (Å²) in [4.78, 5) is 23.0. The Kier molecular flexibility index (Phi) is 4.82. The van der Waals surface area contributed by atoms with E-state index in [1.165, 1.54) is 0 Å². The van der Waals surface area contributed by atoms with E-state index in [9.17, 15) is 9.59 Å². The van der Waals surface area contributed by atoms with Crippen molar-refractivity contribution in [3.63, 3.8) is 0 Å². The molecule has 5 heteroatoms. The van der Waals surface area contributed by atoms with Crippen LogP contribution in [0.5, 0.6) is 0 Å². The van der Waals surface area contributed by atoms with Crippen molar-refractivity contribution in [1.82, 2.24) is 9.88 Å². The van der Waals surface area contributed by atoms with E-state index < -0.39 is 5.91 Å². The van der Waals surface area contributed by atoms with E-state index in [2.05, 4.69) is 17.2 Å². The summed E-state index contributed by atoms with van der Waals surface area (Å²) in [5.74, 6) is 5.26. The second-order valence-electron chi connectivity index (χ2n) is 5.52. The monoisotopic (exact) mass is 331 g/mol. The zero-order valence-corrected chi connectivity index (χ0v) is 13.5. The van der Waals surface area contributed by atoms with Crippen molar-refractivity contribution in [2.24, 2.45) is 5.73 Å². The van der Waals surface area contributed by atoms with E-state index in [0.717, 1.165) is 16.5 Å². The van der Waals surface area contributed by atoms with Gasteiger partial charge in [-0.2, -0.15) is 0 Å². The van der Waals surface area contributed by atoms with Crippen LogP contribution >= 0.6 is 0 Å². The van der Waals surface area contributed by atoms with Crippen LogP contribution in [0, 0.1) is 11.8 Å². The summed E-state index contributed by atoms with van der Waals surface area (Å²) >= 11 is 0. The topological polar surface area (TPSA) is 77.1 Å². The minimum absolute atomic E-state index is 0.0975. The highest BCUT2D eigenvalue weighted by molar-refractivity contribution is 5.92. The largest absolute Gasteiger partial charge is 0.366 e. The van der Waals surface area contributed by atoms with Gasteiger partial charge in [0.2, 0.25) is 11.8 Å². The van der Waals surface area contributed by atoms with Crippen molar-refractivity contribution in [3.05, 3.63) is 71.9 Å². The number of hydrogen-bond acceptors (Lipinski definition) is 2. The van der Waals surface area contributed by atoms with Crippen LogP contribution in [-0.2, 0) is 11.3 Å². The lowest BCUT2D eigenvalue weighted by atomic mass is 10.1. The smallest absolute Gasteiger partial charge is 0.248 e. The molecule has 1 aromatic heterocycles. The first-order chi connectivity index (χ1) is 12.1. The molecule has 0 aliphatic rings. The normalized spacial score (nSPS) is 10.1. The predicted molar refractivity (Wildman–Crippen MR) is 96.8 cm³/mol. The number of benzene rings is 2. The Morgan fingerprint density at radius 2 is 1.80 bits per heavy atom. The number of rotatable bonds is 4. The third kappa shape index (κ3) is 4.06. The van der Waals surface area contributed by atoms with Crippen molar-refractivity contribution in [2.75, 3.05) is 6.54 Å². The molecule has 0 aliphatic heterocycles. The summed E-state index contributed by atoms with van der Waals surface area (Å²) in [6.45, 7) is 0.512. The van der Waals surface area contributed by atoms with Gasteiger partial charge in [0.1, 0.15) is 6.54 Å². The summed E-state index contributed by atoms with van der Waals surface area (Å²) in [6, 6.07) is 16.6. The lowest BCUT2D eigenvalue weighted by molar-refractivity contribution is -0.121. The third-order valence-electron chi connectivity index (χ3n) is 3.77. The number of amides is 2. The van der Waals surface area contributed by atoms with Crippen LogP contribution in [0.2, 0.25) is 0 Å². The Morgan fingerprint density at radius 1 is 1.04 bits per heavy atom. The van der Waals surface area contributed by atoms with Gasteiger partial charge in [-0.15, -0.1) is 0 Å². The van der Waals surface area contributed by atoms with Crippen molar-refractivity contribution < 1.29 is 9.59 Å². The molecule has 1 heterocycles. The molecule has 0 radical (unpaired) electrons. The molecule has 2 amide bonds. The second kappa shape index (κ2) is 7.37. The minimum Gasteiger partial charge on any atom is -0.366 e. The van der Waals surface area contributed by atoms with Gasteiger partial charge in [-0.25, -0.2) is 0 Å². The zero-order valence-electron chi connectivity index (χ0n) is 13.5. The Hall–Kier alpha value is -3.52. The molecule has 0 bridgehead atoms. The van der Waals surface area contributed by atoms with Crippen LogP contribution in [0.1, 0.15) is 15.9 Å². The van der Waals surface area contributed by atoms with E-state index in [-0.39, 0.29) is 19.0 Å². The maximum absolute atomic E-state index is 12.0. The van der Waals surface area contributed by atoms with Crippen LogP contribution in [0.3, 0.4) is 0 Å². The lowest BCUT2D eigenvalue weighted by Crippen LogP contribution is -2.27. The van der Waals surface area contributed by atoms with Crippen LogP contribution in [0.25, 0.3) is 10.9 Å². The highest BCUT2D eigenvalue weighted by Gasteiger charge is 2.04. The summed E-state index contributed by atoms with van der Waals surface area (Å²) in [7, 11) is 0. The van der Waals surface area contributed by atoms with Gasteiger partial charge in [0.15, 0.2) is 0 Å². The van der Waals surface area contributed by atoms with Crippen molar-refractivity contribution in [3.8, 4) is 11.8 Å². The molecule has 3 rings (SSSR count). The standard InChI is InChI=1S/C20H17N3O2/c21-20(25)17-9-7-15(8-10-17)4-3-12-22-19(24)14-23-13-11-16-5-1-2-6-18(16)23/h1-2,5-11,13H,12,14H2,(H2,21,25)(H,22,24). The fourth-order valence-electron chi connectivity index (χ4n) is 2.50. The molecule has 2 aromatic carbocycles. The maximum Gasteiger partial charge on any atom is 0.248 e. The summed E-state index contributed by atoms with van der Waals surface area (Å²) < 4.78 is 1.90. The number of primary amides is 1. The van der Waals surface area contributed by atoms with Crippen LogP contribution in [0.15, 0.2) is 60.8 Å². The average Bonchev–Trinajstić information content (AvgIpc) is 3.02. The molecule has 5 nitrogen and oxygen atoms in total. The second-order valence-corrected chi connectivity index (χ2v) is 5.52. The van der Waals surface area contributed by atoms with Crippen LogP contribution in [0.4, 0.5) is 0 Å². The van der Waals surface area contributed by atoms with Crippen LogP contribution in [-0.4, -0.2) is 22.9 Å². The van der Waals surface area contributed by atoms with Gasteiger partial charge in [0.25, 0.3) is 0 Å². The molecule has 0 unspecified atom stereocenters. The van der Waals surface area contributed by atoms with E-state index in [0.29, 0.717) is 5.56 Å². The summed E-state index contributed by atoms with van der Waals surface area (Å²) in [6.07, 6.45) is 1.90. The molecule has 0 atom stereocenters. The van der Waals surface area contributed by atoms with Gasteiger partial charge in [0.05, 0.1) is 6.54 Å². The Labute approximate surface area is 145 Å². The maximum atomic E-state index is 12.0. The first-order valence-corrected chi connectivity index (χ1v) is 7.83. The van der Waals surface area contributed by atoms with Gasteiger partial charge in [-0.05, 0) is 41.8 Å². The highest BCUT2D eigenvalue weighted by atomic mass is 16.2. The number of para-hydroxylation sites is 1. The SMILES string of the molecule is NC(=O)c1ccc(C#CCNC(=O)Cn2ccc3ccccc32)cc1. The molecular weight excluding hydrogens is 314 g/mol. The minimum atomic E-state index is -0.468. The molecule has 3 aromatic rings. The molecule has 0 aliphatic carbocycles. The summed E-state index contributed by atoms with van der Waals surface area (Å²) in [5, 5.41) is 3.88. The first-order valence-electron chi connectivity index (χ1n) is 7.83. The Balaban J connectivity index is 1.54. The quantitative estimate of drug-likeness (QED) is 0.717. The number of nitrogens with zero attached hydrogens (tertiary/aromatic N) is 1. The molecule has 25 heavy (non-hydrogen) atoms. The Bertz CT molecular complexity index is 975. The molecule has 0 saturated carbocycles. The number of carbonyl (C=O) groups excluding carboxylic acids is 2. The highest BCUT2D eigenvalue weighted by Crippen LogP contribution is 2.14. The van der Waals surface area contributed by atoms with Gasteiger partial charge in [0, 0.05) is 22.8 Å². The molecule has 0 spiro atoms. The first kappa shape index (κ1) is 16.3. The molecule has 124 valence electrons. The van der Waals surface area contributed by atoms with E-state index >= 15 is 0 Å². The predicted octanol–water partition coefficient (Wildman–Crippen LogP) is 1.91. The number of fused-ring (bicyclic) bond motifs is 1. The molecular formula is C20H17N3O2. The zero-order chi connectivity index (χ0) is 17.6. The van der Waals surface area contributed by atoms with Gasteiger partial charge in [-0.3, -0.25) is 9.59 Å². The third-order valence-corrected chi connectivity index (χ3v) is 3.77. The molecule has 0 fully saturated rings. The number of nitrogens with two attached hydrogens (primary N) is 1. The van der Waals surface area contributed by atoms with E-state index in [1.54, 1.807) is 24.3 Å². The van der Waals surface area contributed by atoms with E-state index in [4.69, 9.17) is 5.73 Å². The molecule has 0 saturated heterocycles. The van der Waals surface area contributed by atoms with Crippen molar-refractivity contribution in [2.45, 2.75) is 6.54 Å². The number of nitrogens with one attached hydrogen (secondary N) is 1. The molecule has 3 N–H and O–H groups in total. The van der Waals surface area contributed by atoms with Crippen LogP contribution < -0.4 is 11.1 Å². The van der Waals surface area contributed by atoms with E-state index in [1.807, 2.05) is 41.1 Å². The van der Waals surface area contributed by atoms with Gasteiger partial charge in [-0.1, -0.05) is 30.0 Å². The fourth-order valence-corrected chi connectivity index (χ4v) is 2.50. The number of hydrogen-bond donors (Lipinski definition) is 2. The number of carbonyl (C=O) groups is 2. The van der Waals surface area contributed by atoms with Gasteiger partial charge >= 0.3 is 0 Å². The van der Waals surface area contributed by atoms with Gasteiger partial charge < -0.3 is 15.6 Å².